The molecular weight excluding hydrogens is 252 g/mol. The zero-order chi connectivity index (χ0) is 13.9. The molecule has 0 aliphatic rings. The number of halogens is 4. The smallest absolute Gasteiger partial charge is 0.324 e. The second kappa shape index (κ2) is 5.45. The fraction of sp³-hybridized carbons (Fsp3) is 0.700. The van der Waals surface area contributed by atoms with Gasteiger partial charge in [-0.15, -0.1) is 0 Å². The molecule has 4 nitrogen and oxygen atoms in total. The third-order valence-corrected chi connectivity index (χ3v) is 2.46. The van der Waals surface area contributed by atoms with Gasteiger partial charge in [0.1, 0.15) is 5.82 Å². The summed E-state index contributed by atoms with van der Waals surface area (Å²) in [7, 11) is 1.51. The summed E-state index contributed by atoms with van der Waals surface area (Å²) in [5, 5.41) is 6.27. The molecule has 0 saturated heterocycles. The summed E-state index contributed by atoms with van der Waals surface area (Å²) >= 11 is 0. The van der Waals surface area contributed by atoms with Gasteiger partial charge in [0.25, 0.3) is 0 Å². The summed E-state index contributed by atoms with van der Waals surface area (Å²) in [5.74, 6) is -3.96. The SMILES string of the molecule is CCCc1nn(C)c(NCC(F)(F)C(F)F)c1N. The van der Waals surface area contributed by atoms with Crippen LogP contribution in [0.3, 0.4) is 0 Å². The fourth-order valence-corrected chi connectivity index (χ4v) is 1.51. The van der Waals surface area contributed by atoms with Crippen LogP contribution in [-0.4, -0.2) is 28.7 Å². The summed E-state index contributed by atoms with van der Waals surface area (Å²) in [6, 6.07) is 0. The van der Waals surface area contributed by atoms with Gasteiger partial charge in [0.05, 0.1) is 17.9 Å². The van der Waals surface area contributed by atoms with E-state index >= 15 is 0 Å². The number of aryl methyl sites for hydroxylation is 2. The molecule has 0 aliphatic carbocycles. The summed E-state index contributed by atoms with van der Waals surface area (Å²) in [4.78, 5) is 0. The molecule has 0 unspecified atom stereocenters. The van der Waals surface area contributed by atoms with Gasteiger partial charge in [0.15, 0.2) is 0 Å². The second-order valence-corrected chi connectivity index (χ2v) is 4.00. The van der Waals surface area contributed by atoms with Crippen LogP contribution in [0.4, 0.5) is 29.1 Å². The van der Waals surface area contributed by atoms with E-state index < -0.39 is 18.9 Å². The average Bonchev–Trinajstić information content (AvgIpc) is 2.52. The van der Waals surface area contributed by atoms with E-state index in [1.807, 2.05) is 6.92 Å². The Kier molecular flexibility index (Phi) is 4.42. The Morgan fingerprint density at radius 2 is 2.06 bits per heavy atom. The van der Waals surface area contributed by atoms with Crippen LogP contribution < -0.4 is 11.1 Å². The molecule has 8 heteroatoms. The van der Waals surface area contributed by atoms with E-state index in [9.17, 15) is 17.6 Å². The van der Waals surface area contributed by atoms with Gasteiger partial charge in [-0.05, 0) is 6.42 Å². The van der Waals surface area contributed by atoms with Gasteiger partial charge >= 0.3 is 12.3 Å². The molecule has 0 aromatic carbocycles. The van der Waals surface area contributed by atoms with Gasteiger partial charge in [0.2, 0.25) is 0 Å². The van der Waals surface area contributed by atoms with Crippen molar-refractivity contribution in [2.45, 2.75) is 32.1 Å². The molecule has 0 amide bonds. The molecule has 104 valence electrons. The number of rotatable bonds is 6. The van der Waals surface area contributed by atoms with E-state index in [4.69, 9.17) is 5.73 Å². The quantitative estimate of drug-likeness (QED) is 0.778. The van der Waals surface area contributed by atoms with Crippen molar-refractivity contribution in [3.63, 3.8) is 0 Å². The Bertz CT molecular complexity index is 403. The molecule has 0 spiro atoms. The highest BCUT2D eigenvalue weighted by Gasteiger charge is 2.40. The number of hydrogen-bond acceptors (Lipinski definition) is 3. The van der Waals surface area contributed by atoms with Gasteiger partial charge in [-0.3, -0.25) is 4.68 Å². The van der Waals surface area contributed by atoms with Gasteiger partial charge in [-0.25, -0.2) is 8.78 Å². The third-order valence-electron chi connectivity index (χ3n) is 2.46. The Morgan fingerprint density at radius 1 is 1.44 bits per heavy atom. The molecular formula is C10H16F4N4. The first-order valence-electron chi connectivity index (χ1n) is 5.50. The van der Waals surface area contributed by atoms with Gasteiger partial charge in [-0.2, -0.15) is 13.9 Å². The maximum atomic E-state index is 12.8. The minimum atomic E-state index is -4.10. The normalized spacial score (nSPS) is 12.2. The number of nitrogens with one attached hydrogen (secondary N) is 1. The number of hydrogen-bond donors (Lipinski definition) is 2. The fourth-order valence-electron chi connectivity index (χ4n) is 1.51. The lowest BCUT2D eigenvalue weighted by Gasteiger charge is -2.16. The van der Waals surface area contributed by atoms with Gasteiger partial charge in [0, 0.05) is 7.05 Å². The molecule has 0 bridgehead atoms. The van der Waals surface area contributed by atoms with E-state index in [2.05, 4.69) is 10.4 Å². The molecule has 1 aromatic rings. The zero-order valence-electron chi connectivity index (χ0n) is 10.2. The summed E-state index contributed by atoms with van der Waals surface area (Å²) < 4.78 is 50.8. The van der Waals surface area contributed by atoms with E-state index in [0.29, 0.717) is 12.1 Å². The first-order valence-corrected chi connectivity index (χ1v) is 5.50. The number of anilines is 2. The van der Waals surface area contributed by atoms with Crippen LogP contribution in [-0.2, 0) is 13.5 Å². The molecule has 0 radical (unpaired) electrons. The number of nitrogens with zero attached hydrogens (tertiary/aromatic N) is 2. The number of alkyl halides is 4. The van der Waals surface area contributed by atoms with Crippen LogP contribution in [0.1, 0.15) is 19.0 Å². The molecule has 3 N–H and O–H groups in total. The highest BCUT2D eigenvalue weighted by molar-refractivity contribution is 5.65. The molecule has 1 aromatic heterocycles. The predicted molar refractivity (Wildman–Crippen MR) is 61.1 cm³/mol. The van der Waals surface area contributed by atoms with Gasteiger partial charge < -0.3 is 11.1 Å². The Hall–Kier alpha value is -1.47. The van der Waals surface area contributed by atoms with Crippen molar-refractivity contribution in [2.75, 3.05) is 17.6 Å². The Labute approximate surface area is 102 Å². The maximum absolute atomic E-state index is 12.8. The average molecular weight is 268 g/mol. The molecule has 0 aliphatic heterocycles. The molecule has 18 heavy (non-hydrogen) atoms. The Balaban J connectivity index is 2.79. The third kappa shape index (κ3) is 3.05. The lowest BCUT2D eigenvalue weighted by Crippen LogP contribution is -2.35. The molecule has 1 heterocycles. The van der Waals surface area contributed by atoms with Crippen LogP contribution in [0.25, 0.3) is 0 Å². The van der Waals surface area contributed by atoms with Crippen molar-refractivity contribution >= 4 is 11.5 Å². The summed E-state index contributed by atoms with van der Waals surface area (Å²) in [6.45, 7) is 0.742. The standard InChI is InChI=1S/C10H16F4N4/c1-3-4-6-7(15)8(18(2)17-6)16-5-10(13,14)9(11)12/h9,16H,3-5,15H2,1-2H3. The van der Waals surface area contributed by atoms with Crippen molar-refractivity contribution in [2.24, 2.45) is 7.05 Å². The maximum Gasteiger partial charge on any atom is 0.324 e. The number of nitrogen functional groups attached to an aromatic ring is 1. The van der Waals surface area contributed by atoms with Crippen LogP contribution in [0.5, 0.6) is 0 Å². The van der Waals surface area contributed by atoms with Gasteiger partial charge in [-0.1, -0.05) is 13.3 Å². The minimum Gasteiger partial charge on any atom is -0.394 e. The van der Waals surface area contributed by atoms with Crippen molar-refractivity contribution in [1.29, 1.82) is 0 Å². The first kappa shape index (κ1) is 14.6. The molecule has 1 rings (SSSR count). The monoisotopic (exact) mass is 268 g/mol. The predicted octanol–water partition coefficient (Wildman–Crippen LogP) is 2.27. The van der Waals surface area contributed by atoms with Crippen molar-refractivity contribution < 1.29 is 17.6 Å². The molecule has 0 saturated carbocycles. The van der Waals surface area contributed by atoms with Crippen LogP contribution >= 0.6 is 0 Å². The topological polar surface area (TPSA) is 55.9 Å². The number of aromatic nitrogens is 2. The van der Waals surface area contributed by atoms with Crippen molar-refractivity contribution in [3.8, 4) is 0 Å². The van der Waals surface area contributed by atoms with Crippen LogP contribution in [0.15, 0.2) is 0 Å². The van der Waals surface area contributed by atoms with E-state index in [1.165, 1.54) is 11.7 Å². The molecule has 0 fully saturated rings. The van der Waals surface area contributed by atoms with E-state index in [0.717, 1.165) is 6.42 Å². The van der Waals surface area contributed by atoms with Crippen LogP contribution in [0, 0.1) is 0 Å². The second-order valence-electron chi connectivity index (χ2n) is 4.00. The van der Waals surface area contributed by atoms with Crippen molar-refractivity contribution in [3.05, 3.63) is 5.69 Å². The van der Waals surface area contributed by atoms with Crippen molar-refractivity contribution in [1.82, 2.24) is 9.78 Å². The van der Waals surface area contributed by atoms with Crippen LogP contribution in [0.2, 0.25) is 0 Å². The lowest BCUT2D eigenvalue weighted by atomic mass is 10.2. The highest BCUT2D eigenvalue weighted by atomic mass is 19.3. The largest absolute Gasteiger partial charge is 0.394 e. The minimum absolute atomic E-state index is 0.138. The molecule has 0 atom stereocenters. The summed E-state index contributed by atoms with van der Waals surface area (Å²) in [6.07, 6.45) is -2.31. The van der Waals surface area contributed by atoms with E-state index in [-0.39, 0.29) is 11.5 Å². The zero-order valence-corrected chi connectivity index (χ0v) is 10.2. The lowest BCUT2D eigenvalue weighted by molar-refractivity contribution is -0.117. The summed E-state index contributed by atoms with van der Waals surface area (Å²) in [5.41, 5.74) is 6.52. The van der Waals surface area contributed by atoms with E-state index in [1.54, 1.807) is 0 Å². The number of nitrogens with two attached hydrogens (primary N) is 1. The highest BCUT2D eigenvalue weighted by Crippen LogP contribution is 2.27. The Morgan fingerprint density at radius 3 is 2.56 bits per heavy atom. The first-order chi connectivity index (χ1) is 8.29.